The van der Waals surface area contributed by atoms with E-state index in [-0.39, 0.29) is 11.9 Å². The van der Waals surface area contributed by atoms with Gasteiger partial charge in [-0.25, -0.2) is 4.79 Å². The van der Waals surface area contributed by atoms with Crippen molar-refractivity contribution in [1.29, 1.82) is 0 Å². The SMILES string of the molecule is CCC(C)c1ccc(N2CCC(=O)NC2=O)cc1. The summed E-state index contributed by atoms with van der Waals surface area (Å²) in [7, 11) is 0. The highest BCUT2D eigenvalue weighted by atomic mass is 16.2. The van der Waals surface area contributed by atoms with Gasteiger partial charge in [0.05, 0.1) is 0 Å². The van der Waals surface area contributed by atoms with E-state index >= 15 is 0 Å². The second-order valence-electron chi connectivity index (χ2n) is 4.66. The molecular formula is C14H18N2O2. The molecule has 96 valence electrons. The van der Waals surface area contributed by atoms with Crippen molar-refractivity contribution >= 4 is 17.6 Å². The molecule has 18 heavy (non-hydrogen) atoms. The van der Waals surface area contributed by atoms with Crippen LogP contribution in [0.1, 0.15) is 38.2 Å². The van der Waals surface area contributed by atoms with Gasteiger partial charge in [0, 0.05) is 18.7 Å². The molecule has 0 saturated carbocycles. The number of nitrogens with one attached hydrogen (secondary N) is 1. The van der Waals surface area contributed by atoms with Crippen LogP contribution in [0.5, 0.6) is 0 Å². The number of nitrogens with zero attached hydrogens (tertiary/aromatic N) is 1. The van der Waals surface area contributed by atoms with E-state index in [0.29, 0.717) is 18.9 Å². The van der Waals surface area contributed by atoms with Crippen molar-refractivity contribution in [2.24, 2.45) is 0 Å². The van der Waals surface area contributed by atoms with Crippen LogP contribution in [0.15, 0.2) is 24.3 Å². The predicted octanol–water partition coefficient (Wildman–Crippen LogP) is 2.65. The highest BCUT2D eigenvalue weighted by Crippen LogP contribution is 2.23. The molecule has 1 fully saturated rings. The molecule has 3 amide bonds. The minimum Gasteiger partial charge on any atom is -0.294 e. The van der Waals surface area contributed by atoms with Crippen LogP contribution < -0.4 is 10.2 Å². The van der Waals surface area contributed by atoms with Gasteiger partial charge in [-0.2, -0.15) is 0 Å². The Morgan fingerprint density at radius 3 is 2.50 bits per heavy atom. The summed E-state index contributed by atoms with van der Waals surface area (Å²) >= 11 is 0. The van der Waals surface area contributed by atoms with Gasteiger partial charge in [0.2, 0.25) is 5.91 Å². The highest BCUT2D eigenvalue weighted by molar-refractivity contribution is 6.05. The third-order valence-electron chi connectivity index (χ3n) is 3.44. The van der Waals surface area contributed by atoms with E-state index in [1.165, 1.54) is 5.56 Å². The lowest BCUT2D eigenvalue weighted by molar-refractivity contribution is -0.120. The van der Waals surface area contributed by atoms with Crippen LogP contribution in [0.3, 0.4) is 0 Å². The smallest absolute Gasteiger partial charge is 0.294 e. The Labute approximate surface area is 107 Å². The van der Waals surface area contributed by atoms with Gasteiger partial charge in [-0.15, -0.1) is 0 Å². The fraction of sp³-hybridized carbons (Fsp3) is 0.429. The number of amides is 3. The van der Waals surface area contributed by atoms with Crippen LogP contribution in [0.2, 0.25) is 0 Å². The summed E-state index contributed by atoms with van der Waals surface area (Å²) in [6.45, 7) is 4.79. The van der Waals surface area contributed by atoms with Crippen molar-refractivity contribution in [3.63, 3.8) is 0 Å². The van der Waals surface area contributed by atoms with Gasteiger partial charge in [0.25, 0.3) is 0 Å². The summed E-state index contributed by atoms with van der Waals surface area (Å²) in [5, 5.41) is 2.32. The van der Waals surface area contributed by atoms with Crippen molar-refractivity contribution in [3.8, 4) is 0 Å². The average molecular weight is 246 g/mol. The minimum absolute atomic E-state index is 0.201. The number of rotatable bonds is 3. The first kappa shape index (κ1) is 12.6. The van der Waals surface area contributed by atoms with Crippen molar-refractivity contribution in [2.75, 3.05) is 11.4 Å². The average Bonchev–Trinajstić information content (AvgIpc) is 2.38. The van der Waals surface area contributed by atoms with Crippen LogP contribution in [-0.4, -0.2) is 18.5 Å². The fourth-order valence-electron chi connectivity index (χ4n) is 2.03. The van der Waals surface area contributed by atoms with Crippen molar-refractivity contribution in [2.45, 2.75) is 32.6 Å². The third-order valence-corrected chi connectivity index (χ3v) is 3.44. The van der Waals surface area contributed by atoms with Crippen molar-refractivity contribution < 1.29 is 9.59 Å². The second-order valence-corrected chi connectivity index (χ2v) is 4.66. The molecular weight excluding hydrogens is 228 g/mol. The normalized spacial score (nSPS) is 17.6. The lowest BCUT2D eigenvalue weighted by Gasteiger charge is -2.26. The molecule has 1 atom stereocenters. The van der Waals surface area contributed by atoms with Crippen LogP contribution in [0.25, 0.3) is 0 Å². The molecule has 0 spiro atoms. The Morgan fingerprint density at radius 2 is 1.94 bits per heavy atom. The van der Waals surface area contributed by atoms with E-state index in [1.807, 2.05) is 24.3 Å². The Bertz CT molecular complexity index is 453. The molecule has 1 unspecified atom stereocenters. The van der Waals surface area contributed by atoms with E-state index in [0.717, 1.165) is 12.1 Å². The van der Waals surface area contributed by atoms with Gasteiger partial charge in [-0.05, 0) is 30.0 Å². The van der Waals surface area contributed by atoms with Gasteiger partial charge < -0.3 is 0 Å². The maximum absolute atomic E-state index is 11.7. The number of urea groups is 1. The topological polar surface area (TPSA) is 49.4 Å². The Morgan fingerprint density at radius 1 is 1.28 bits per heavy atom. The quantitative estimate of drug-likeness (QED) is 0.891. The van der Waals surface area contributed by atoms with Crippen LogP contribution in [-0.2, 0) is 4.79 Å². The highest BCUT2D eigenvalue weighted by Gasteiger charge is 2.23. The molecule has 2 rings (SSSR count). The Kier molecular flexibility index (Phi) is 3.65. The third kappa shape index (κ3) is 2.53. The molecule has 0 radical (unpaired) electrons. The zero-order chi connectivity index (χ0) is 13.1. The molecule has 0 bridgehead atoms. The summed E-state index contributed by atoms with van der Waals surface area (Å²) in [6, 6.07) is 7.65. The summed E-state index contributed by atoms with van der Waals surface area (Å²) in [5.74, 6) is 0.322. The fourth-order valence-corrected chi connectivity index (χ4v) is 2.03. The molecule has 1 aliphatic heterocycles. The van der Waals surface area contributed by atoms with E-state index in [4.69, 9.17) is 0 Å². The van der Waals surface area contributed by atoms with Gasteiger partial charge in [-0.3, -0.25) is 15.0 Å². The zero-order valence-corrected chi connectivity index (χ0v) is 10.8. The molecule has 1 heterocycles. The molecule has 1 aliphatic rings. The van der Waals surface area contributed by atoms with E-state index in [1.54, 1.807) is 4.90 Å². The minimum atomic E-state index is -0.331. The van der Waals surface area contributed by atoms with Gasteiger partial charge in [0.15, 0.2) is 0 Å². The predicted molar refractivity (Wildman–Crippen MR) is 70.6 cm³/mol. The number of hydrogen-bond acceptors (Lipinski definition) is 2. The first-order chi connectivity index (χ1) is 8.61. The maximum atomic E-state index is 11.7. The summed E-state index contributed by atoms with van der Waals surface area (Å²) in [4.78, 5) is 24.3. The van der Waals surface area contributed by atoms with Crippen molar-refractivity contribution in [3.05, 3.63) is 29.8 Å². The molecule has 4 nitrogen and oxygen atoms in total. The number of hydrogen-bond donors (Lipinski definition) is 1. The summed E-state index contributed by atoms with van der Waals surface area (Å²) < 4.78 is 0. The largest absolute Gasteiger partial charge is 0.328 e. The second kappa shape index (κ2) is 5.21. The molecule has 1 N–H and O–H groups in total. The van der Waals surface area contributed by atoms with E-state index in [9.17, 15) is 9.59 Å². The summed E-state index contributed by atoms with van der Waals surface area (Å²) in [6.07, 6.45) is 1.46. The van der Waals surface area contributed by atoms with E-state index < -0.39 is 0 Å². The summed E-state index contributed by atoms with van der Waals surface area (Å²) in [5.41, 5.74) is 2.11. The number of benzene rings is 1. The lowest BCUT2D eigenvalue weighted by Crippen LogP contribution is -2.49. The Hall–Kier alpha value is -1.84. The number of carbonyl (C=O) groups excluding carboxylic acids is 2. The van der Waals surface area contributed by atoms with Crippen LogP contribution in [0.4, 0.5) is 10.5 Å². The van der Waals surface area contributed by atoms with Crippen molar-refractivity contribution in [1.82, 2.24) is 5.32 Å². The van der Waals surface area contributed by atoms with Gasteiger partial charge in [0.1, 0.15) is 0 Å². The van der Waals surface area contributed by atoms with Gasteiger partial charge in [-0.1, -0.05) is 26.0 Å². The molecule has 0 aliphatic carbocycles. The number of carbonyl (C=O) groups is 2. The maximum Gasteiger partial charge on any atom is 0.328 e. The lowest BCUT2D eigenvalue weighted by atomic mass is 9.98. The first-order valence-corrected chi connectivity index (χ1v) is 6.33. The molecule has 1 aromatic carbocycles. The first-order valence-electron chi connectivity index (χ1n) is 6.33. The Balaban J connectivity index is 2.14. The van der Waals surface area contributed by atoms with E-state index in [2.05, 4.69) is 19.2 Å². The molecule has 4 heteroatoms. The number of anilines is 1. The van der Waals surface area contributed by atoms with Gasteiger partial charge >= 0.3 is 6.03 Å². The standard InChI is InChI=1S/C14H18N2O2/c1-3-10(2)11-4-6-12(7-5-11)16-9-8-13(17)15-14(16)18/h4-7,10H,3,8-9H2,1-2H3,(H,15,17,18). The van der Waals surface area contributed by atoms with Crippen LogP contribution in [0, 0.1) is 0 Å². The number of imide groups is 1. The molecule has 1 aromatic rings. The van der Waals surface area contributed by atoms with Crippen LogP contribution >= 0.6 is 0 Å². The zero-order valence-electron chi connectivity index (χ0n) is 10.8. The monoisotopic (exact) mass is 246 g/mol. The molecule has 1 saturated heterocycles. The molecule has 0 aromatic heterocycles.